The lowest BCUT2D eigenvalue weighted by atomic mass is 9.94. The number of fused-ring (bicyclic) bond motifs is 1. The van der Waals surface area contributed by atoms with E-state index in [0.717, 1.165) is 5.56 Å². The van der Waals surface area contributed by atoms with E-state index in [9.17, 15) is 4.79 Å². The summed E-state index contributed by atoms with van der Waals surface area (Å²) in [5.74, 6) is 0.290. The van der Waals surface area contributed by atoms with Crippen molar-refractivity contribution in [3.8, 4) is 6.07 Å². The molecule has 0 saturated heterocycles. The minimum atomic E-state index is -0.473. The smallest absolute Gasteiger partial charge is 0.255 e. The van der Waals surface area contributed by atoms with Crippen molar-refractivity contribution in [1.29, 1.82) is 5.26 Å². The van der Waals surface area contributed by atoms with Crippen LogP contribution in [0.3, 0.4) is 0 Å². The van der Waals surface area contributed by atoms with Gasteiger partial charge in [-0.1, -0.05) is 23.7 Å². The average molecular weight is 391 g/mol. The van der Waals surface area contributed by atoms with Gasteiger partial charge >= 0.3 is 0 Å². The van der Waals surface area contributed by atoms with Crippen molar-refractivity contribution in [3.63, 3.8) is 0 Å². The highest BCUT2D eigenvalue weighted by Crippen LogP contribution is 2.35. The van der Waals surface area contributed by atoms with E-state index >= 15 is 0 Å². The molecule has 2 N–H and O–H groups in total. The van der Waals surface area contributed by atoms with E-state index in [0.29, 0.717) is 33.5 Å². The van der Waals surface area contributed by atoms with E-state index in [-0.39, 0.29) is 5.91 Å². The fourth-order valence-electron chi connectivity index (χ4n) is 3.16. The number of halogens is 1. The number of benzene rings is 2. The van der Waals surface area contributed by atoms with Gasteiger partial charge in [0.05, 0.1) is 17.2 Å². The Morgan fingerprint density at radius 3 is 2.61 bits per heavy atom. The Morgan fingerprint density at radius 2 is 1.93 bits per heavy atom. The van der Waals surface area contributed by atoms with E-state index in [2.05, 4.69) is 26.8 Å². The molecule has 2 aromatic carbocycles. The van der Waals surface area contributed by atoms with Crippen molar-refractivity contribution >= 4 is 29.1 Å². The molecular weight excluding hydrogens is 376 g/mol. The van der Waals surface area contributed by atoms with Crippen molar-refractivity contribution in [1.82, 2.24) is 14.8 Å². The number of aromatic nitrogens is 3. The molecular formula is C20H15ClN6O. The first-order chi connectivity index (χ1) is 13.6. The highest BCUT2D eigenvalue weighted by Gasteiger charge is 2.33. The van der Waals surface area contributed by atoms with E-state index < -0.39 is 6.04 Å². The van der Waals surface area contributed by atoms with Gasteiger partial charge < -0.3 is 10.6 Å². The number of amides is 1. The molecule has 0 spiro atoms. The third-order valence-electron chi connectivity index (χ3n) is 4.50. The SMILES string of the molecule is CC1=C(C(=O)Nc2ccc(Cl)cc2)[C@H](c2ccc(C#N)cc2)n2ncnc2N1. The Labute approximate surface area is 166 Å². The lowest BCUT2D eigenvalue weighted by molar-refractivity contribution is -0.113. The average Bonchev–Trinajstić information content (AvgIpc) is 3.16. The maximum absolute atomic E-state index is 13.1. The Kier molecular flexibility index (Phi) is 4.55. The summed E-state index contributed by atoms with van der Waals surface area (Å²) in [4.78, 5) is 17.4. The Morgan fingerprint density at radius 1 is 1.21 bits per heavy atom. The van der Waals surface area contributed by atoms with Gasteiger partial charge in [-0.05, 0) is 48.9 Å². The molecule has 138 valence electrons. The molecule has 0 saturated carbocycles. The molecule has 1 amide bonds. The largest absolute Gasteiger partial charge is 0.328 e. The summed E-state index contributed by atoms with van der Waals surface area (Å²) >= 11 is 5.92. The van der Waals surface area contributed by atoms with Crippen molar-refractivity contribution < 1.29 is 4.79 Å². The maximum atomic E-state index is 13.1. The minimum Gasteiger partial charge on any atom is -0.328 e. The quantitative estimate of drug-likeness (QED) is 0.710. The topological polar surface area (TPSA) is 95.6 Å². The number of rotatable bonds is 3. The molecule has 0 radical (unpaired) electrons. The molecule has 0 fully saturated rings. The molecule has 1 aliphatic rings. The van der Waals surface area contributed by atoms with Crippen LogP contribution in [0, 0.1) is 11.3 Å². The van der Waals surface area contributed by atoms with Gasteiger partial charge in [-0.25, -0.2) is 4.68 Å². The third kappa shape index (κ3) is 3.21. The van der Waals surface area contributed by atoms with Gasteiger partial charge in [0.2, 0.25) is 5.95 Å². The minimum absolute atomic E-state index is 0.261. The van der Waals surface area contributed by atoms with Crippen LogP contribution in [0.1, 0.15) is 24.1 Å². The number of nitrogens with one attached hydrogen (secondary N) is 2. The summed E-state index contributed by atoms with van der Waals surface area (Å²) in [6, 6.07) is 15.6. The molecule has 3 aromatic rings. The van der Waals surface area contributed by atoms with Crippen molar-refractivity contribution in [2.75, 3.05) is 10.6 Å². The second-order valence-corrected chi connectivity index (χ2v) is 6.73. The van der Waals surface area contributed by atoms with Gasteiger partial charge in [0.1, 0.15) is 12.4 Å². The summed E-state index contributed by atoms with van der Waals surface area (Å²) in [6.45, 7) is 1.83. The summed E-state index contributed by atoms with van der Waals surface area (Å²) < 4.78 is 1.66. The van der Waals surface area contributed by atoms with Gasteiger partial charge in [0.25, 0.3) is 5.91 Å². The summed E-state index contributed by atoms with van der Waals surface area (Å²) in [5, 5.41) is 20.0. The lowest BCUT2D eigenvalue weighted by Crippen LogP contribution is -2.31. The normalized spacial score (nSPS) is 15.4. The van der Waals surface area contributed by atoms with Crippen LogP contribution in [0.25, 0.3) is 0 Å². The Balaban J connectivity index is 1.74. The first kappa shape index (κ1) is 17.8. The first-order valence-corrected chi connectivity index (χ1v) is 8.89. The van der Waals surface area contributed by atoms with Crippen LogP contribution in [0.2, 0.25) is 5.02 Å². The van der Waals surface area contributed by atoms with E-state index in [1.54, 1.807) is 41.1 Å². The van der Waals surface area contributed by atoms with Crippen LogP contribution in [-0.2, 0) is 4.79 Å². The monoisotopic (exact) mass is 390 g/mol. The van der Waals surface area contributed by atoms with Gasteiger partial charge in [0.15, 0.2) is 0 Å². The number of allylic oxidation sites excluding steroid dienone is 1. The number of nitrogens with zero attached hydrogens (tertiary/aromatic N) is 4. The molecule has 28 heavy (non-hydrogen) atoms. The van der Waals surface area contributed by atoms with Crippen LogP contribution in [0.15, 0.2) is 66.1 Å². The molecule has 7 nitrogen and oxygen atoms in total. The highest BCUT2D eigenvalue weighted by molar-refractivity contribution is 6.30. The molecule has 1 atom stereocenters. The third-order valence-corrected chi connectivity index (χ3v) is 4.75. The molecule has 2 heterocycles. The molecule has 8 heteroatoms. The van der Waals surface area contributed by atoms with Gasteiger partial charge in [-0.2, -0.15) is 15.3 Å². The number of nitriles is 1. The zero-order valence-electron chi connectivity index (χ0n) is 14.8. The molecule has 0 bridgehead atoms. The van der Waals surface area contributed by atoms with E-state index in [1.807, 2.05) is 19.1 Å². The second kappa shape index (κ2) is 7.18. The maximum Gasteiger partial charge on any atom is 0.255 e. The van der Waals surface area contributed by atoms with Gasteiger partial charge in [-0.15, -0.1) is 0 Å². The van der Waals surface area contributed by atoms with Crippen LogP contribution in [0.4, 0.5) is 11.6 Å². The van der Waals surface area contributed by atoms with Gasteiger partial charge in [0, 0.05) is 16.4 Å². The summed E-state index contributed by atoms with van der Waals surface area (Å²) in [5.41, 5.74) is 3.20. The number of carbonyl (C=O) groups is 1. The Hall–Kier alpha value is -3.63. The van der Waals surface area contributed by atoms with Crippen molar-refractivity contribution in [2.24, 2.45) is 0 Å². The van der Waals surface area contributed by atoms with Crippen LogP contribution >= 0.6 is 11.6 Å². The zero-order valence-corrected chi connectivity index (χ0v) is 15.6. The van der Waals surface area contributed by atoms with Crippen molar-refractivity contribution in [3.05, 3.63) is 82.3 Å². The number of anilines is 2. The van der Waals surface area contributed by atoms with Gasteiger partial charge in [-0.3, -0.25) is 4.79 Å². The number of carbonyl (C=O) groups excluding carboxylic acids is 1. The molecule has 0 unspecified atom stereocenters. The van der Waals surface area contributed by atoms with Crippen molar-refractivity contribution in [2.45, 2.75) is 13.0 Å². The summed E-state index contributed by atoms with van der Waals surface area (Å²) in [7, 11) is 0. The highest BCUT2D eigenvalue weighted by atomic mass is 35.5. The number of hydrogen-bond donors (Lipinski definition) is 2. The zero-order chi connectivity index (χ0) is 19.7. The standard InChI is InChI=1S/C20H15ClN6O/c1-12-17(19(28)26-16-8-6-15(21)7-9-16)18(27-20(25-12)23-11-24-27)14-4-2-13(10-22)3-5-14/h2-9,11,18H,1H3,(H,26,28)(H,23,24,25)/t18-/m0/s1. The van der Waals surface area contributed by atoms with E-state index in [1.165, 1.54) is 6.33 Å². The van der Waals surface area contributed by atoms with Crippen LogP contribution in [0.5, 0.6) is 0 Å². The second-order valence-electron chi connectivity index (χ2n) is 6.29. The number of hydrogen-bond acceptors (Lipinski definition) is 5. The molecule has 4 rings (SSSR count). The lowest BCUT2D eigenvalue weighted by Gasteiger charge is -2.28. The van der Waals surface area contributed by atoms with E-state index in [4.69, 9.17) is 16.9 Å². The Bertz CT molecular complexity index is 1110. The summed E-state index contributed by atoms with van der Waals surface area (Å²) in [6.07, 6.45) is 1.44. The molecule has 1 aromatic heterocycles. The van der Waals surface area contributed by atoms with Crippen LogP contribution < -0.4 is 10.6 Å². The predicted octanol–water partition coefficient (Wildman–Crippen LogP) is 3.73. The van der Waals surface area contributed by atoms with Crippen LogP contribution in [-0.4, -0.2) is 20.7 Å². The molecule has 0 aliphatic carbocycles. The fourth-order valence-corrected chi connectivity index (χ4v) is 3.29. The predicted molar refractivity (Wildman–Crippen MR) is 106 cm³/mol. The fraction of sp³-hybridized carbons (Fsp3) is 0.100. The first-order valence-electron chi connectivity index (χ1n) is 8.51. The molecule has 1 aliphatic heterocycles.